The second-order valence-corrected chi connectivity index (χ2v) is 4.73. The zero-order chi connectivity index (χ0) is 12.5. The number of amides is 1. The third-order valence-electron chi connectivity index (χ3n) is 3.01. The van der Waals surface area contributed by atoms with E-state index in [0.717, 1.165) is 16.8 Å². The van der Waals surface area contributed by atoms with Crippen LogP contribution in [0.1, 0.15) is 30.9 Å². The van der Waals surface area contributed by atoms with Gasteiger partial charge in [-0.15, -0.1) is 0 Å². The molecule has 0 aromatic heterocycles. The first-order valence-electron chi connectivity index (χ1n) is 5.80. The molecule has 2 rings (SSSR count). The van der Waals surface area contributed by atoms with Crippen molar-refractivity contribution in [1.29, 1.82) is 0 Å². The molecule has 0 spiro atoms. The standard InChI is InChI=1S/C13H17N3O/c1-9-5-4-6-10(2)12(9)14-11(17)7-8-13(3)15-16-13/h4-6H,7-8H2,1-3H3,(H,14,17). The van der Waals surface area contributed by atoms with E-state index in [1.807, 2.05) is 39.0 Å². The van der Waals surface area contributed by atoms with Crippen molar-refractivity contribution in [2.24, 2.45) is 10.2 Å². The third kappa shape index (κ3) is 2.90. The second-order valence-electron chi connectivity index (χ2n) is 4.73. The highest BCUT2D eigenvalue weighted by Gasteiger charge is 2.33. The van der Waals surface area contributed by atoms with Gasteiger partial charge in [0.05, 0.1) is 0 Å². The Kier molecular flexibility index (Phi) is 2.96. The van der Waals surface area contributed by atoms with Crippen LogP contribution < -0.4 is 5.32 Å². The zero-order valence-corrected chi connectivity index (χ0v) is 10.4. The summed E-state index contributed by atoms with van der Waals surface area (Å²) < 4.78 is 0. The Morgan fingerprint density at radius 2 is 1.88 bits per heavy atom. The lowest BCUT2D eigenvalue weighted by Crippen LogP contribution is -2.16. The molecule has 0 aliphatic carbocycles. The van der Waals surface area contributed by atoms with Crippen LogP contribution >= 0.6 is 0 Å². The number of rotatable bonds is 4. The molecule has 0 unspecified atom stereocenters. The van der Waals surface area contributed by atoms with E-state index in [2.05, 4.69) is 15.5 Å². The Balaban J connectivity index is 1.93. The molecule has 0 atom stereocenters. The highest BCUT2D eigenvalue weighted by atomic mass is 16.1. The van der Waals surface area contributed by atoms with Crippen LogP contribution in [0.2, 0.25) is 0 Å². The number of hydrogen-bond donors (Lipinski definition) is 1. The molecule has 0 radical (unpaired) electrons. The molecule has 4 nitrogen and oxygen atoms in total. The Morgan fingerprint density at radius 1 is 1.29 bits per heavy atom. The number of para-hydroxylation sites is 1. The minimum absolute atomic E-state index is 0.0286. The van der Waals surface area contributed by atoms with Gasteiger partial charge < -0.3 is 5.32 Å². The second kappa shape index (κ2) is 4.28. The van der Waals surface area contributed by atoms with Crippen LogP contribution in [0.25, 0.3) is 0 Å². The first kappa shape index (κ1) is 11.8. The first-order valence-corrected chi connectivity index (χ1v) is 5.80. The number of aryl methyl sites for hydroxylation is 2. The predicted octanol–water partition coefficient (Wildman–Crippen LogP) is 3.20. The van der Waals surface area contributed by atoms with Crippen molar-refractivity contribution in [2.75, 3.05) is 5.32 Å². The van der Waals surface area contributed by atoms with Crippen molar-refractivity contribution in [3.8, 4) is 0 Å². The van der Waals surface area contributed by atoms with E-state index in [1.165, 1.54) is 0 Å². The topological polar surface area (TPSA) is 53.8 Å². The maximum atomic E-state index is 11.8. The molecule has 4 heteroatoms. The lowest BCUT2D eigenvalue weighted by Gasteiger charge is -2.11. The largest absolute Gasteiger partial charge is 0.326 e. The Bertz CT molecular complexity index is 453. The zero-order valence-electron chi connectivity index (χ0n) is 10.4. The van der Waals surface area contributed by atoms with Crippen molar-refractivity contribution in [3.05, 3.63) is 29.3 Å². The number of nitrogens with one attached hydrogen (secondary N) is 1. The molecule has 1 aliphatic heterocycles. The Hall–Kier alpha value is -1.71. The molecule has 0 fully saturated rings. The van der Waals surface area contributed by atoms with E-state index in [4.69, 9.17) is 0 Å². The van der Waals surface area contributed by atoms with Crippen LogP contribution in [-0.4, -0.2) is 11.6 Å². The third-order valence-corrected chi connectivity index (χ3v) is 3.01. The number of carbonyl (C=O) groups is 1. The van der Waals surface area contributed by atoms with E-state index in [9.17, 15) is 4.79 Å². The van der Waals surface area contributed by atoms with Gasteiger partial charge in [0.15, 0.2) is 5.66 Å². The summed E-state index contributed by atoms with van der Waals surface area (Å²) in [5.41, 5.74) is 2.81. The Morgan fingerprint density at radius 3 is 2.41 bits per heavy atom. The van der Waals surface area contributed by atoms with Gasteiger partial charge in [0.2, 0.25) is 5.91 Å². The molecule has 17 heavy (non-hydrogen) atoms. The monoisotopic (exact) mass is 231 g/mol. The minimum Gasteiger partial charge on any atom is -0.326 e. The summed E-state index contributed by atoms with van der Waals surface area (Å²) in [5, 5.41) is 10.7. The lowest BCUT2D eigenvalue weighted by atomic mass is 10.1. The van der Waals surface area contributed by atoms with Gasteiger partial charge in [-0.25, -0.2) is 0 Å². The highest BCUT2D eigenvalue weighted by molar-refractivity contribution is 5.92. The predicted molar refractivity (Wildman–Crippen MR) is 67.0 cm³/mol. The molecule has 90 valence electrons. The van der Waals surface area contributed by atoms with Crippen molar-refractivity contribution in [2.45, 2.75) is 39.3 Å². The van der Waals surface area contributed by atoms with E-state index in [0.29, 0.717) is 12.8 Å². The molecule has 1 aliphatic rings. The molecule has 1 amide bonds. The normalized spacial score (nSPS) is 15.7. The van der Waals surface area contributed by atoms with Crippen LogP contribution in [0.5, 0.6) is 0 Å². The summed E-state index contributed by atoms with van der Waals surface area (Å²) in [6.07, 6.45) is 1.14. The summed E-state index contributed by atoms with van der Waals surface area (Å²) >= 11 is 0. The van der Waals surface area contributed by atoms with Crippen LogP contribution in [-0.2, 0) is 4.79 Å². The van der Waals surface area contributed by atoms with Crippen molar-refractivity contribution < 1.29 is 4.79 Å². The fraction of sp³-hybridized carbons (Fsp3) is 0.462. The van der Waals surface area contributed by atoms with Gasteiger partial charge in [0, 0.05) is 18.5 Å². The van der Waals surface area contributed by atoms with E-state index in [-0.39, 0.29) is 11.6 Å². The number of carbonyl (C=O) groups excluding carboxylic acids is 1. The van der Waals surface area contributed by atoms with E-state index < -0.39 is 0 Å². The van der Waals surface area contributed by atoms with Crippen LogP contribution in [0.4, 0.5) is 5.69 Å². The van der Waals surface area contributed by atoms with Crippen LogP contribution in [0, 0.1) is 13.8 Å². The summed E-state index contributed by atoms with van der Waals surface area (Å²) in [6.45, 7) is 5.92. The summed E-state index contributed by atoms with van der Waals surface area (Å²) in [7, 11) is 0. The minimum atomic E-state index is -0.294. The van der Waals surface area contributed by atoms with Gasteiger partial charge >= 0.3 is 0 Å². The first-order chi connectivity index (χ1) is 8.00. The van der Waals surface area contributed by atoms with Gasteiger partial charge in [-0.05, 0) is 31.9 Å². The van der Waals surface area contributed by atoms with Gasteiger partial charge in [-0.3, -0.25) is 4.79 Å². The molecule has 1 aromatic carbocycles. The van der Waals surface area contributed by atoms with Gasteiger partial charge in [-0.1, -0.05) is 18.2 Å². The maximum absolute atomic E-state index is 11.8. The van der Waals surface area contributed by atoms with E-state index in [1.54, 1.807) is 0 Å². The fourth-order valence-corrected chi connectivity index (χ4v) is 1.75. The molecule has 0 saturated heterocycles. The number of benzene rings is 1. The quantitative estimate of drug-likeness (QED) is 0.850. The summed E-state index contributed by atoms with van der Waals surface area (Å²) in [4.78, 5) is 11.8. The molecule has 1 heterocycles. The molecule has 1 N–H and O–H groups in total. The summed E-state index contributed by atoms with van der Waals surface area (Å²) in [6, 6.07) is 5.98. The van der Waals surface area contributed by atoms with E-state index >= 15 is 0 Å². The smallest absolute Gasteiger partial charge is 0.224 e. The van der Waals surface area contributed by atoms with Crippen LogP contribution in [0.15, 0.2) is 28.4 Å². The molecular formula is C13H17N3O. The summed E-state index contributed by atoms with van der Waals surface area (Å²) in [5.74, 6) is 0.0286. The maximum Gasteiger partial charge on any atom is 0.224 e. The number of nitrogens with zero attached hydrogens (tertiary/aromatic N) is 2. The SMILES string of the molecule is Cc1cccc(C)c1NC(=O)CCC1(C)N=N1. The highest BCUT2D eigenvalue weighted by Crippen LogP contribution is 2.32. The van der Waals surface area contributed by atoms with Gasteiger partial charge in [-0.2, -0.15) is 10.2 Å². The van der Waals surface area contributed by atoms with Gasteiger partial charge in [0.1, 0.15) is 0 Å². The van der Waals surface area contributed by atoms with Crippen molar-refractivity contribution in [3.63, 3.8) is 0 Å². The average Bonchev–Trinajstić information content (AvgIpc) is 3.00. The van der Waals surface area contributed by atoms with Crippen LogP contribution in [0.3, 0.4) is 0 Å². The number of anilines is 1. The van der Waals surface area contributed by atoms with Crippen molar-refractivity contribution >= 4 is 11.6 Å². The molecule has 0 saturated carbocycles. The van der Waals surface area contributed by atoms with Gasteiger partial charge in [0.25, 0.3) is 0 Å². The molecule has 0 bridgehead atoms. The molecular weight excluding hydrogens is 214 g/mol. The molecule has 1 aromatic rings. The van der Waals surface area contributed by atoms with Crippen molar-refractivity contribution in [1.82, 2.24) is 0 Å². The average molecular weight is 231 g/mol. The fourth-order valence-electron chi connectivity index (χ4n) is 1.75. The Labute approximate surface area is 101 Å². The lowest BCUT2D eigenvalue weighted by molar-refractivity contribution is -0.116. The number of hydrogen-bond acceptors (Lipinski definition) is 3.